The molecule has 0 radical (unpaired) electrons. The van der Waals surface area contributed by atoms with E-state index in [9.17, 15) is 22.4 Å². The van der Waals surface area contributed by atoms with Gasteiger partial charge in [0.2, 0.25) is 11.8 Å². The molecule has 1 saturated heterocycles. The Hall–Kier alpha value is -3.51. The number of nitrogens with one attached hydrogen (secondary N) is 1. The first-order valence-corrected chi connectivity index (χ1v) is 14.3. The number of sulfonamides is 1. The van der Waals surface area contributed by atoms with E-state index in [1.807, 2.05) is 11.8 Å². The van der Waals surface area contributed by atoms with Gasteiger partial charge in [0.05, 0.1) is 4.90 Å². The molecule has 0 saturated carbocycles. The largest absolute Gasteiger partial charge is 0.360 e. The zero-order valence-electron chi connectivity index (χ0n) is 20.1. The zero-order chi connectivity index (χ0) is 26.2. The molecule has 3 aromatic rings. The highest BCUT2D eigenvalue weighted by Gasteiger charge is 2.34. The zero-order valence-corrected chi connectivity index (χ0v) is 21.8. The Morgan fingerprint density at radius 1 is 1.14 bits per heavy atom. The summed E-state index contributed by atoms with van der Waals surface area (Å²) in [6.07, 6.45) is 3.10. The highest BCUT2D eigenvalue weighted by molar-refractivity contribution is 7.93. The molecule has 2 aliphatic heterocycles. The molecule has 5 rings (SSSR count). The van der Waals surface area contributed by atoms with Crippen LogP contribution in [-0.2, 0) is 26.0 Å². The molecule has 2 aliphatic rings. The Bertz CT molecular complexity index is 1410. The number of thiazole rings is 1. The van der Waals surface area contributed by atoms with Gasteiger partial charge < -0.3 is 14.7 Å². The number of hydrogen-bond donors (Lipinski definition) is 1. The third-order valence-electron chi connectivity index (χ3n) is 6.67. The minimum atomic E-state index is -3.79. The average Bonchev–Trinajstić information content (AvgIpc) is 3.39. The first kappa shape index (κ1) is 25.2. The molecule has 0 aliphatic carbocycles. The van der Waals surface area contributed by atoms with Gasteiger partial charge in [0.15, 0.2) is 5.13 Å². The SMILES string of the molecule is C[C@@H](C(=O)N1CCN(c2ccc(S(=O)(=O)Nc3nccs3)cc2)C(=O)C1)N1CCCc2cc(F)ccc21. The van der Waals surface area contributed by atoms with Crippen LogP contribution < -0.4 is 14.5 Å². The number of amides is 2. The monoisotopic (exact) mass is 543 g/mol. The smallest absolute Gasteiger partial charge is 0.263 e. The number of benzene rings is 2. The molecule has 1 atom stereocenters. The fourth-order valence-electron chi connectivity index (χ4n) is 4.78. The first-order chi connectivity index (χ1) is 17.7. The van der Waals surface area contributed by atoms with E-state index in [0.29, 0.717) is 25.3 Å². The molecule has 2 aromatic carbocycles. The summed E-state index contributed by atoms with van der Waals surface area (Å²) < 4.78 is 41.2. The van der Waals surface area contributed by atoms with Crippen molar-refractivity contribution >= 4 is 49.7 Å². The normalized spacial score (nSPS) is 16.9. The second-order valence-electron chi connectivity index (χ2n) is 8.99. The standard InChI is InChI=1S/C25H26FN5O4S2/c1-17(30-11-2-3-18-15-19(26)4-9-22(18)30)24(33)29-12-13-31(23(32)16-29)20-5-7-21(8-6-20)37(34,35)28-25-27-10-14-36-25/h4-10,14-15,17H,2-3,11-13,16H2,1H3,(H,27,28)/t17-/m0/s1. The van der Waals surface area contributed by atoms with Crippen molar-refractivity contribution in [3.05, 3.63) is 65.4 Å². The number of hydrogen-bond acceptors (Lipinski definition) is 7. The van der Waals surface area contributed by atoms with E-state index in [-0.39, 0.29) is 34.2 Å². The molecule has 2 amide bonds. The lowest BCUT2D eigenvalue weighted by atomic mass is 9.99. The molecule has 3 heterocycles. The molecule has 0 unspecified atom stereocenters. The minimum Gasteiger partial charge on any atom is -0.360 e. The van der Waals surface area contributed by atoms with E-state index in [0.717, 1.165) is 24.1 Å². The lowest BCUT2D eigenvalue weighted by molar-refractivity contribution is -0.137. The average molecular weight is 544 g/mol. The van der Waals surface area contributed by atoms with Crippen LogP contribution in [0, 0.1) is 5.82 Å². The third-order valence-corrected chi connectivity index (χ3v) is 8.84. The molecule has 1 aromatic heterocycles. The van der Waals surface area contributed by atoms with Gasteiger partial charge in [0.1, 0.15) is 18.4 Å². The van der Waals surface area contributed by atoms with Crippen LogP contribution in [0.1, 0.15) is 18.9 Å². The molecule has 1 fully saturated rings. The number of nitrogens with zero attached hydrogens (tertiary/aromatic N) is 4. The quantitative estimate of drug-likeness (QED) is 0.513. The van der Waals surface area contributed by atoms with Gasteiger partial charge in [0.25, 0.3) is 10.0 Å². The van der Waals surface area contributed by atoms with Crippen molar-refractivity contribution in [2.75, 3.05) is 40.7 Å². The van der Waals surface area contributed by atoms with E-state index < -0.39 is 16.1 Å². The fraction of sp³-hybridized carbons (Fsp3) is 0.320. The van der Waals surface area contributed by atoms with Crippen molar-refractivity contribution in [1.82, 2.24) is 9.88 Å². The van der Waals surface area contributed by atoms with Crippen LogP contribution in [0.2, 0.25) is 0 Å². The summed E-state index contributed by atoms with van der Waals surface area (Å²) in [5.41, 5.74) is 2.31. The van der Waals surface area contributed by atoms with Gasteiger partial charge in [-0.15, -0.1) is 11.3 Å². The van der Waals surface area contributed by atoms with E-state index >= 15 is 0 Å². The molecule has 0 spiro atoms. The second-order valence-corrected chi connectivity index (χ2v) is 11.6. The predicted molar refractivity (Wildman–Crippen MR) is 140 cm³/mol. The summed E-state index contributed by atoms with van der Waals surface area (Å²) in [5, 5.41) is 1.94. The maximum Gasteiger partial charge on any atom is 0.263 e. The van der Waals surface area contributed by atoms with Crippen LogP contribution in [0.5, 0.6) is 0 Å². The summed E-state index contributed by atoms with van der Waals surface area (Å²) in [5.74, 6) is -0.688. The van der Waals surface area contributed by atoms with Crippen LogP contribution >= 0.6 is 11.3 Å². The summed E-state index contributed by atoms with van der Waals surface area (Å²) >= 11 is 1.18. The number of aromatic nitrogens is 1. The van der Waals surface area contributed by atoms with Gasteiger partial charge in [-0.1, -0.05) is 0 Å². The molecule has 1 N–H and O–H groups in total. The Morgan fingerprint density at radius 3 is 2.62 bits per heavy atom. The van der Waals surface area contributed by atoms with Gasteiger partial charge in [-0.2, -0.15) is 0 Å². The minimum absolute atomic E-state index is 0.0585. The number of fused-ring (bicyclic) bond motifs is 1. The number of aryl methyl sites for hydroxylation is 1. The maximum atomic E-state index is 13.7. The van der Waals surface area contributed by atoms with Gasteiger partial charge in [0, 0.05) is 42.6 Å². The fourth-order valence-corrected chi connectivity index (χ4v) is 6.57. The summed E-state index contributed by atoms with van der Waals surface area (Å²) in [6.45, 7) is 3.08. The van der Waals surface area contributed by atoms with Crippen LogP contribution in [0.3, 0.4) is 0 Å². The lowest BCUT2D eigenvalue weighted by Gasteiger charge is -2.40. The van der Waals surface area contributed by atoms with Crippen molar-refractivity contribution in [1.29, 1.82) is 0 Å². The molecular formula is C25H26FN5O4S2. The predicted octanol–water partition coefficient (Wildman–Crippen LogP) is 3.10. The van der Waals surface area contributed by atoms with Crippen molar-refractivity contribution in [2.45, 2.75) is 30.7 Å². The first-order valence-electron chi connectivity index (χ1n) is 11.9. The topological polar surface area (TPSA) is 103 Å². The molecule has 9 nitrogen and oxygen atoms in total. The Kier molecular flexibility index (Phi) is 6.86. The number of carbonyl (C=O) groups is 2. The number of piperazine rings is 1. The van der Waals surface area contributed by atoms with Crippen LogP contribution in [-0.4, -0.2) is 62.3 Å². The van der Waals surface area contributed by atoms with E-state index in [1.54, 1.807) is 33.4 Å². The highest BCUT2D eigenvalue weighted by atomic mass is 32.2. The number of halogens is 1. The van der Waals surface area contributed by atoms with Crippen molar-refractivity contribution in [3.8, 4) is 0 Å². The van der Waals surface area contributed by atoms with E-state index in [2.05, 4.69) is 9.71 Å². The highest BCUT2D eigenvalue weighted by Crippen LogP contribution is 2.30. The van der Waals surface area contributed by atoms with E-state index in [1.165, 1.54) is 41.8 Å². The number of carbonyl (C=O) groups excluding carboxylic acids is 2. The van der Waals surface area contributed by atoms with Gasteiger partial charge >= 0.3 is 0 Å². The Labute approximate surface area is 218 Å². The van der Waals surface area contributed by atoms with Crippen molar-refractivity contribution in [3.63, 3.8) is 0 Å². The Morgan fingerprint density at radius 2 is 1.92 bits per heavy atom. The van der Waals surface area contributed by atoms with Gasteiger partial charge in [-0.3, -0.25) is 14.3 Å². The Balaban J connectivity index is 1.24. The maximum absolute atomic E-state index is 13.7. The molecule has 37 heavy (non-hydrogen) atoms. The summed E-state index contributed by atoms with van der Waals surface area (Å²) in [4.78, 5) is 35.4. The summed E-state index contributed by atoms with van der Waals surface area (Å²) in [6, 6.07) is 10.2. The summed E-state index contributed by atoms with van der Waals surface area (Å²) in [7, 11) is -3.79. The van der Waals surface area contributed by atoms with Crippen molar-refractivity contribution < 1.29 is 22.4 Å². The molecular weight excluding hydrogens is 517 g/mol. The number of rotatable bonds is 6. The second kappa shape index (κ2) is 10.1. The van der Waals surface area contributed by atoms with Gasteiger partial charge in [-0.25, -0.2) is 17.8 Å². The van der Waals surface area contributed by atoms with Crippen LogP contribution in [0.25, 0.3) is 0 Å². The van der Waals surface area contributed by atoms with E-state index in [4.69, 9.17) is 0 Å². The van der Waals surface area contributed by atoms with Crippen LogP contribution in [0.15, 0.2) is 58.9 Å². The van der Waals surface area contributed by atoms with Crippen molar-refractivity contribution in [2.24, 2.45) is 0 Å². The molecule has 0 bridgehead atoms. The van der Waals surface area contributed by atoms with Crippen LogP contribution in [0.4, 0.5) is 20.9 Å². The molecule has 194 valence electrons. The number of anilines is 3. The van der Waals surface area contributed by atoms with Gasteiger partial charge in [-0.05, 0) is 67.8 Å². The molecule has 12 heteroatoms. The lowest BCUT2D eigenvalue weighted by Crippen LogP contribution is -2.57. The third kappa shape index (κ3) is 5.16.